The molecule has 0 aliphatic carbocycles. The lowest BCUT2D eigenvalue weighted by atomic mass is 9.78. The number of aliphatic carboxylic acids is 2. The maximum absolute atomic E-state index is 11.8. The highest BCUT2D eigenvalue weighted by molar-refractivity contribution is 6.03. The first-order valence-corrected chi connectivity index (χ1v) is 13.7. The zero-order chi connectivity index (χ0) is 32.4. The SMILES string of the molecule is CC(C)(c1ccc(Oc2ccc(NC(=O)/C=C\C(=O)O)cc2)cc1)c1cccc(Oc2ccc(NC(=O)/C=C/C(=O)O)cc2)c1. The van der Waals surface area contributed by atoms with Crippen molar-refractivity contribution >= 4 is 35.1 Å². The van der Waals surface area contributed by atoms with Crippen molar-refractivity contribution in [3.05, 3.63) is 132 Å². The van der Waals surface area contributed by atoms with Crippen LogP contribution >= 0.6 is 0 Å². The van der Waals surface area contributed by atoms with Gasteiger partial charge in [0.2, 0.25) is 11.8 Å². The fraction of sp³-hybridized carbons (Fsp3) is 0.0857. The number of hydrogen-bond acceptors (Lipinski definition) is 6. The normalized spacial score (nSPS) is 11.2. The van der Waals surface area contributed by atoms with Crippen molar-refractivity contribution in [2.75, 3.05) is 10.6 Å². The maximum Gasteiger partial charge on any atom is 0.328 e. The topological polar surface area (TPSA) is 151 Å². The van der Waals surface area contributed by atoms with E-state index in [4.69, 9.17) is 19.7 Å². The standard InChI is InChI=1S/C35H30N2O8/c1-35(2,23-6-12-27(13-7-23)44-28-14-8-25(9-15-28)36-31(38)18-20-33(40)41)24-4-3-5-30(22-24)45-29-16-10-26(11-17-29)37-32(39)19-21-34(42)43/h3-22H,1-2H3,(H,36,38)(H,37,39)(H,40,41)(H,42,43)/b20-18-,21-19+. The van der Waals surface area contributed by atoms with Gasteiger partial charge in [-0.2, -0.15) is 0 Å². The first-order chi connectivity index (χ1) is 21.5. The van der Waals surface area contributed by atoms with Gasteiger partial charge in [0.1, 0.15) is 23.0 Å². The van der Waals surface area contributed by atoms with Crippen molar-refractivity contribution in [3.63, 3.8) is 0 Å². The Morgan fingerprint density at radius 1 is 0.556 bits per heavy atom. The molecule has 0 saturated heterocycles. The molecule has 0 fully saturated rings. The number of ether oxygens (including phenoxy) is 2. The molecule has 0 radical (unpaired) electrons. The molecule has 0 atom stereocenters. The van der Waals surface area contributed by atoms with Gasteiger partial charge in [-0.3, -0.25) is 9.59 Å². The van der Waals surface area contributed by atoms with Crippen LogP contribution < -0.4 is 20.1 Å². The van der Waals surface area contributed by atoms with Gasteiger partial charge in [0.05, 0.1) is 0 Å². The van der Waals surface area contributed by atoms with Gasteiger partial charge in [0, 0.05) is 41.1 Å². The van der Waals surface area contributed by atoms with E-state index < -0.39 is 23.8 Å². The lowest BCUT2D eigenvalue weighted by Gasteiger charge is -2.27. The molecule has 0 aliphatic heterocycles. The molecule has 0 aromatic heterocycles. The number of rotatable bonds is 12. The summed E-state index contributed by atoms with van der Waals surface area (Å²) >= 11 is 0. The maximum atomic E-state index is 11.8. The van der Waals surface area contributed by atoms with Crippen LogP contribution in [0.5, 0.6) is 23.0 Å². The van der Waals surface area contributed by atoms with E-state index in [9.17, 15) is 19.2 Å². The van der Waals surface area contributed by atoms with E-state index in [1.807, 2.05) is 48.5 Å². The third-order valence-corrected chi connectivity index (χ3v) is 6.60. The number of benzene rings is 4. The van der Waals surface area contributed by atoms with Gasteiger partial charge < -0.3 is 30.3 Å². The van der Waals surface area contributed by atoms with E-state index in [1.54, 1.807) is 48.5 Å². The van der Waals surface area contributed by atoms with Gasteiger partial charge in [-0.1, -0.05) is 38.1 Å². The molecule has 0 spiro atoms. The number of hydrogen-bond donors (Lipinski definition) is 4. The first-order valence-electron chi connectivity index (χ1n) is 13.7. The molecule has 4 aromatic carbocycles. The minimum absolute atomic E-state index is 0.371. The van der Waals surface area contributed by atoms with Crippen LogP contribution in [0.15, 0.2) is 121 Å². The summed E-state index contributed by atoms with van der Waals surface area (Å²) in [5.74, 6) is -1.10. The Labute approximate surface area is 259 Å². The summed E-state index contributed by atoms with van der Waals surface area (Å²) in [6, 6.07) is 28.9. The molecule has 0 saturated carbocycles. The average Bonchev–Trinajstić information content (AvgIpc) is 3.01. The van der Waals surface area contributed by atoms with Gasteiger partial charge in [0.15, 0.2) is 0 Å². The van der Waals surface area contributed by atoms with Crippen molar-refractivity contribution in [3.8, 4) is 23.0 Å². The van der Waals surface area contributed by atoms with Crippen molar-refractivity contribution in [2.24, 2.45) is 0 Å². The number of carbonyl (C=O) groups is 4. The highest BCUT2D eigenvalue weighted by Crippen LogP contribution is 2.35. The second kappa shape index (κ2) is 14.3. The van der Waals surface area contributed by atoms with Crippen LogP contribution in [0.1, 0.15) is 25.0 Å². The Kier molecular flexibility index (Phi) is 10.1. The minimum atomic E-state index is -1.20. The summed E-state index contributed by atoms with van der Waals surface area (Å²) in [6.07, 6.45) is 3.42. The molecule has 0 unspecified atom stereocenters. The predicted molar refractivity (Wildman–Crippen MR) is 169 cm³/mol. The van der Waals surface area contributed by atoms with Gasteiger partial charge in [-0.05, 0) is 83.9 Å². The smallest absolute Gasteiger partial charge is 0.328 e. The molecule has 10 nitrogen and oxygen atoms in total. The zero-order valence-electron chi connectivity index (χ0n) is 24.4. The van der Waals surface area contributed by atoms with E-state index in [2.05, 4.69) is 24.5 Å². The van der Waals surface area contributed by atoms with Crippen LogP contribution in [0.3, 0.4) is 0 Å². The summed E-state index contributed by atoms with van der Waals surface area (Å²) in [5.41, 5.74) is 2.71. The van der Waals surface area contributed by atoms with Crippen LogP contribution in [0.4, 0.5) is 11.4 Å². The molecule has 4 aromatic rings. The molecular formula is C35H30N2O8. The van der Waals surface area contributed by atoms with Crippen molar-refractivity contribution in [1.29, 1.82) is 0 Å². The van der Waals surface area contributed by atoms with E-state index in [1.165, 1.54) is 0 Å². The number of carboxylic acids is 2. The molecule has 4 rings (SSSR count). The number of carboxylic acid groups (broad SMARTS) is 2. The third-order valence-electron chi connectivity index (χ3n) is 6.60. The Morgan fingerprint density at radius 3 is 1.42 bits per heavy atom. The van der Waals surface area contributed by atoms with E-state index in [-0.39, 0.29) is 5.41 Å². The molecule has 0 heterocycles. The first kappa shape index (κ1) is 31.8. The summed E-state index contributed by atoms with van der Waals surface area (Å²) in [6.45, 7) is 4.22. The Bertz CT molecular complexity index is 1740. The molecule has 0 aliphatic rings. The fourth-order valence-corrected chi connectivity index (χ4v) is 4.20. The van der Waals surface area contributed by atoms with Crippen LogP contribution in [-0.4, -0.2) is 34.0 Å². The largest absolute Gasteiger partial charge is 0.478 e. The fourth-order valence-electron chi connectivity index (χ4n) is 4.20. The monoisotopic (exact) mass is 606 g/mol. The number of anilines is 2. The summed E-state index contributed by atoms with van der Waals surface area (Å²) in [7, 11) is 0. The Balaban J connectivity index is 1.37. The van der Waals surface area contributed by atoms with Crippen molar-refractivity contribution in [2.45, 2.75) is 19.3 Å². The number of nitrogens with one attached hydrogen (secondary N) is 2. The van der Waals surface area contributed by atoms with E-state index in [0.29, 0.717) is 34.4 Å². The summed E-state index contributed by atoms with van der Waals surface area (Å²) in [5, 5.41) is 22.4. The van der Waals surface area contributed by atoms with Gasteiger partial charge in [-0.15, -0.1) is 0 Å². The summed E-state index contributed by atoms with van der Waals surface area (Å²) in [4.78, 5) is 44.7. The lowest BCUT2D eigenvalue weighted by molar-refractivity contribution is -0.132. The molecule has 45 heavy (non-hydrogen) atoms. The van der Waals surface area contributed by atoms with E-state index >= 15 is 0 Å². The van der Waals surface area contributed by atoms with Crippen LogP contribution in [-0.2, 0) is 24.6 Å². The van der Waals surface area contributed by atoms with Crippen molar-refractivity contribution in [1.82, 2.24) is 0 Å². The number of carbonyl (C=O) groups excluding carboxylic acids is 2. The highest BCUT2D eigenvalue weighted by Gasteiger charge is 2.24. The summed E-state index contributed by atoms with van der Waals surface area (Å²) < 4.78 is 12.0. The molecular weight excluding hydrogens is 576 g/mol. The molecule has 10 heteroatoms. The minimum Gasteiger partial charge on any atom is -0.478 e. The van der Waals surface area contributed by atoms with Crippen LogP contribution in [0.25, 0.3) is 0 Å². The average molecular weight is 607 g/mol. The lowest BCUT2D eigenvalue weighted by Crippen LogP contribution is -2.18. The zero-order valence-corrected chi connectivity index (χ0v) is 24.4. The molecule has 228 valence electrons. The molecule has 2 amide bonds. The Morgan fingerprint density at radius 2 is 0.978 bits per heavy atom. The van der Waals surface area contributed by atoms with Crippen molar-refractivity contribution < 1.29 is 38.9 Å². The third kappa shape index (κ3) is 9.42. The molecule has 4 N–H and O–H groups in total. The molecule has 0 bridgehead atoms. The quantitative estimate of drug-likeness (QED) is 0.129. The predicted octanol–water partition coefficient (Wildman–Crippen LogP) is 6.76. The second-order valence-electron chi connectivity index (χ2n) is 10.3. The van der Waals surface area contributed by atoms with Gasteiger partial charge in [0.25, 0.3) is 0 Å². The highest BCUT2D eigenvalue weighted by atomic mass is 16.5. The van der Waals surface area contributed by atoms with E-state index in [0.717, 1.165) is 35.4 Å². The van der Waals surface area contributed by atoms with Gasteiger partial charge >= 0.3 is 11.9 Å². The second-order valence-corrected chi connectivity index (χ2v) is 10.3. The van der Waals surface area contributed by atoms with Gasteiger partial charge in [-0.25, -0.2) is 9.59 Å². The van der Waals surface area contributed by atoms with Crippen LogP contribution in [0, 0.1) is 0 Å². The Hall–Kier alpha value is -6.16. The number of amides is 2. The van der Waals surface area contributed by atoms with Crippen LogP contribution in [0.2, 0.25) is 0 Å².